The normalized spacial score (nSPS) is 12.2. The number of thioether (sulfide) groups is 1. The van der Waals surface area contributed by atoms with Crippen molar-refractivity contribution in [3.63, 3.8) is 0 Å². The zero-order valence-electron chi connectivity index (χ0n) is 12.2. The van der Waals surface area contributed by atoms with Gasteiger partial charge in [0.2, 0.25) is 11.9 Å². The highest BCUT2D eigenvalue weighted by atomic mass is 32.2. The first-order valence-electron chi connectivity index (χ1n) is 6.38. The molecule has 0 spiro atoms. The number of nitrogens with two attached hydrogens (primary N) is 1. The second kappa shape index (κ2) is 6.09. The van der Waals surface area contributed by atoms with E-state index in [1.807, 2.05) is 19.0 Å². The predicted octanol–water partition coefficient (Wildman–Crippen LogP) is 2.68. The number of benzene rings is 1. The molecule has 106 valence electrons. The molecular formula is C14H19N5S. The van der Waals surface area contributed by atoms with Crippen LogP contribution in [0.15, 0.2) is 29.2 Å². The van der Waals surface area contributed by atoms with Crippen LogP contribution in [0.4, 0.5) is 11.9 Å². The molecule has 0 radical (unpaired) electrons. The number of anilines is 2. The SMILES string of the molecule is Cc1ccc(S[C@@H](C)c2nc(N)nc(N(C)C)n2)cc1. The van der Waals surface area contributed by atoms with E-state index < -0.39 is 0 Å². The number of hydrogen-bond acceptors (Lipinski definition) is 6. The molecular weight excluding hydrogens is 270 g/mol. The van der Waals surface area contributed by atoms with Gasteiger partial charge in [-0.1, -0.05) is 17.7 Å². The Balaban J connectivity index is 2.20. The number of aromatic nitrogens is 3. The maximum atomic E-state index is 5.75. The van der Waals surface area contributed by atoms with Gasteiger partial charge >= 0.3 is 0 Å². The number of rotatable bonds is 4. The zero-order valence-corrected chi connectivity index (χ0v) is 13.0. The first kappa shape index (κ1) is 14.6. The Kier molecular flexibility index (Phi) is 4.44. The molecule has 1 atom stereocenters. The van der Waals surface area contributed by atoms with E-state index in [-0.39, 0.29) is 11.2 Å². The third kappa shape index (κ3) is 3.60. The Morgan fingerprint density at radius 2 is 1.75 bits per heavy atom. The van der Waals surface area contributed by atoms with Crippen LogP contribution in [0.1, 0.15) is 23.6 Å². The van der Waals surface area contributed by atoms with Gasteiger partial charge in [-0.05, 0) is 26.0 Å². The maximum absolute atomic E-state index is 5.75. The molecule has 20 heavy (non-hydrogen) atoms. The summed E-state index contributed by atoms with van der Waals surface area (Å²) >= 11 is 1.71. The summed E-state index contributed by atoms with van der Waals surface area (Å²) in [4.78, 5) is 15.8. The van der Waals surface area contributed by atoms with Gasteiger partial charge in [0.1, 0.15) is 5.82 Å². The molecule has 1 aromatic carbocycles. The highest BCUT2D eigenvalue weighted by molar-refractivity contribution is 7.99. The smallest absolute Gasteiger partial charge is 0.229 e. The van der Waals surface area contributed by atoms with Crippen LogP contribution < -0.4 is 10.6 Å². The Hall–Kier alpha value is -1.82. The van der Waals surface area contributed by atoms with Gasteiger partial charge in [-0.3, -0.25) is 0 Å². The van der Waals surface area contributed by atoms with E-state index in [4.69, 9.17) is 5.73 Å². The molecule has 0 saturated heterocycles. The second-order valence-corrected chi connectivity index (χ2v) is 6.23. The third-order valence-corrected chi connectivity index (χ3v) is 3.86. The fraction of sp³-hybridized carbons (Fsp3) is 0.357. The van der Waals surface area contributed by atoms with Crippen molar-refractivity contribution in [2.75, 3.05) is 24.7 Å². The van der Waals surface area contributed by atoms with E-state index >= 15 is 0 Å². The molecule has 0 saturated carbocycles. The van der Waals surface area contributed by atoms with E-state index in [1.165, 1.54) is 10.5 Å². The minimum absolute atomic E-state index is 0.113. The summed E-state index contributed by atoms with van der Waals surface area (Å²) in [7, 11) is 3.77. The van der Waals surface area contributed by atoms with Gasteiger partial charge in [0.05, 0.1) is 5.25 Å². The van der Waals surface area contributed by atoms with Crippen LogP contribution in [0.25, 0.3) is 0 Å². The van der Waals surface area contributed by atoms with Gasteiger partial charge < -0.3 is 10.6 Å². The highest BCUT2D eigenvalue weighted by Gasteiger charge is 2.14. The summed E-state index contributed by atoms with van der Waals surface area (Å²) in [5.74, 6) is 1.55. The van der Waals surface area contributed by atoms with Gasteiger partial charge in [-0.2, -0.15) is 15.0 Å². The van der Waals surface area contributed by atoms with Crippen molar-refractivity contribution >= 4 is 23.7 Å². The standard InChI is InChI=1S/C14H19N5S/c1-9-5-7-11(8-6-9)20-10(2)12-16-13(15)18-14(17-12)19(3)4/h5-8,10H,1-4H3,(H2,15,16,17,18)/t10-/m0/s1. The van der Waals surface area contributed by atoms with E-state index in [0.29, 0.717) is 11.8 Å². The lowest BCUT2D eigenvalue weighted by molar-refractivity contribution is 0.865. The molecule has 0 aliphatic heterocycles. The van der Waals surface area contributed by atoms with E-state index in [1.54, 1.807) is 11.8 Å². The third-order valence-electron chi connectivity index (χ3n) is 2.76. The van der Waals surface area contributed by atoms with Crippen molar-refractivity contribution in [3.8, 4) is 0 Å². The van der Waals surface area contributed by atoms with E-state index in [0.717, 1.165) is 0 Å². The van der Waals surface area contributed by atoms with Crippen LogP contribution >= 0.6 is 11.8 Å². The lowest BCUT2D eigenvalue weighted by Gasteiger charge is -2.14. The lowest BCUT2D eigenvalue weighted by atomic mass is 10.2. The average molecular weight is 289 g/mol. The summed E-state index contributed by atoms with van der Waals surface area (Å²) in [5.41, 5.74) is 7.00. The molecule has 0 aliphatic rings. The fourth-order valence-electron chi connectivity index (χ4n) is 1.65. The predicted molar refractivity (Wildman–Crippen MR) is 84.0 cm³/mol. The topological polar surface area (TPSA) is 67.9 Å². The van der Waals surface area contributed by atoms with Crippen LogP contribution in [0.3, 0.4) is 0 Å². The van der Waals surface area contributed by atoms with Crippen molar-refractivity contribution in [2.45, 2.75) is 24.0 Å². The first-order valence-corrected chi connectivity index (χ1v) is 7.26. The number of nitrogen functional groups attached to an aromatic ring is 1. The Morgan fingerprint density at radius 3 is 2.35 bits per heavy atom. The van der Waals surface area contributed by atoms with Crippen LogP contribution in [0.5, 0.6) is 0 Å². The quantitative estimate of drug-likeness (QED) is 0.873. The minimum Gasteiger partial charge on any atom is -0.368 e. The maximum Gasteiger partial charge on any atom is 0.229 e. The molecule has 0 unspecified atom stereocenters. The van der Waals surface area contributed by atoms with Gasteiger partial charge in [-0.25, -0.2) is 0 Å². The molecule has 2 N–H and O–H groups in total. The summed E-state index contributed by atoms with van der Waals surface area (Å²) < 4.78 is 0. The monoisotopic (exact) mass is 289 g/mol. The van der Waals surface area contributed by atoms with Crippen LogP contribution in [0.2, 0.25) is 0 Å². The van der Waals surface area contributed by atoms with Crippen molar-refractivity contribution in [1.82, 2.24) is 15.0 Å². The Bertz CT molecular complexity index is 583. The molecule has 2 rings (SSSR count). The van der Waals surface area contributed by atoms with Gasteiger partial charge in [-0.15, -0.1) is 11.8 Å². The van der Waals surface area contributed by atoms with Crippen molar-refractivity contribution in [3.05, 3.63) is 35.7 Å². The first-order chi connectivity index (χ1) is 9.45. The summed E-state index contributed by atoms with van der Waals surface area (Å²) in [5, 5.41) is 0.113. The number of hydrogen-bond donors (Lipinski definition) is 1. The minimum atomic E-state index is 0.113. The van der Waals surface area contributed by atoms with Gasteiger partial charge in [0.25, 0.3) is 0 Å². The summed E-state index contributed by atoms with van der Waals surface area (Å²) in [6.45, 7) is 4.15. The van der Waals surface area contributed by atoms with E-state index in [2.05, 4.69) is 53.1 Å². The Labute approximate surface area is 123 Å². The van der Waals surface area contributed by atoms with Crippen molar-refractivity contribution in [1.29, 1.82) is 0 Å². The van der Waals surface area contributed by atoms with Gasteiger partial charge in [0.15, 0.2) is 0 Å². The Morgan fingerprint density at radius 1 is 1.10 bits per heavy atom. The fourth-order valence-corrected chi connectivity index (χ4v) is 2.57. The molecule has 0 bridgehead atoms. The van der Waals surface area contributed by atoms with Crippen molar-refractivity contribution in [2.24, 2.45) is 0 Å². The van der Waals surface area contributed by atoms with Crippen LogP contribution in [0, 0.1) is 6.92 Å². The summed E-state index contributed by atoms with van der Waals surface area (Å²) in [6, 6.07) is 8.41. The summed E-state index contributed by atoms with van der Waals surface area (Å²) in [6.07, 6.45) is 0. The molecule has 6 heteroatoms. The van der Waals surface area contributed by atoms with Crippen LogP contribution in [-0.4, -0.2) is 29.0 Å². The second-order valence-electron chi connectivity index (χ2n) is 4.82. The zero-order chi connectivity index (χ0) is 14.7. The largest absolute Gasteiger partial charge is 0.368 e. The van der Waals surface area contributed by atoms with Crippen LogP contribution in [-0.2, 0) is 0 Å². The molecule has 1 heterocycles. The molecule has 0 fully saturated rings. The lowest BCUT2D eigenvalue weighted by Crippen LogP contribution is -2.16. The van der Waals surface area contributed by atoms with Gasteiger partial charge in [0, 0.05) is 19.0 Å². The number of aryl methyl sites for hydroxylation is 1. The average Bonchev–Trinajstić information content (AvgIpc) is 2.40. The molecule has 2 aromatic rings. The van der Waals surface area contributed by atoms with E-state index in [9.17, 15) is 0 Å². The molecule has 0 amide bonds. The van der Waals surface area contributed by atoms with Crippen molar-refractivity contribution < 1.29 is 0 Å². The molecule has 5 nitrogen and oxygen atoms in total. The number of nitrogens with zero attached hydrogens (tertiary/aromatic N) is 4. The molecule has 1 aromatic heterocycles. The molecule has 0 aliphatic carbocycles. The highest BCUT2D eigenvalue weighted by Crippen LogP contribution is 2.33.